The Labute approximate surface area is 167 Å². The second kappa shape index (κ2) is 7.61. The lowest BCUT2D eigenvalue weighted by molar-refractivity contribution is -0.122. The molecule has 0 radical (unpaired) electrons. The Morgan fingerprint density at radius 1 is 1.25 bits per heavy atom. The van der Waals surface area contributed by atoms with E-state index >= 15 is 0 Å². The van der Waals surface area contributed by atoms with E-state index in [1.807, 2.05) is 13.8 Å². The third kappa shape index (κ3) is 4.08. The highest BCUT2D eigenvalue weighted by Crippen LogP contribution is 2.38. The highest BCUT2D eigenvalue weighted by Gasteiger charge is 2.47. The minimum absolute atomic E-state index is 0.0414. The molecule has 1 aromatic heterocycles. The normalized spacial score (nSPS) is 19.9. The lowest BCUT2D eigenvalue weighted by Gasteiger charge is -2.43. The summed E-state index contributed by atoms with van der Waals surface area (Å²) in [4.78, 5) is 25.8. The number of rotatable bonds is 5. The number of ether oxygens (including phenoxy) is 1. The molecule has 0 saturated carbocycles. The van der Waals surface area contributed by atoms with Gasteiger partial charge in [0.05, 0.1) is 4.90 Å². The zero-order chi connectivity index (χ0) is 20.5. The Hall–Kier alpha value is -2.30. The molecule has 0 bridgehead atoms. The highest BCUT2D eigenvalue weighted by molar-refractivity contribution is 8.00. The van der Waals surface area contributed by atoms with Crippen molar-refractivity contribution in [1.82, 2.24) is 9.29 Å². The van der Waals surface area contributed by atoms with Gasteiger partial charge in [0.15, 0.2) is 0 Å². The number of hydrogen-bond acceptors (Lipinski definition) is 6. The van der Waals surface area contributed by atoms with E-state index in [0.717, 1.165) is 0 Å². The summed E-state index contributed by atoms with van der Waals surface area (Å²) in [6.07, 6.45) is 1.45. The molecule has 1 aliphatic rings. The summed E-state index contributed by atoms with van der Waals surface area (Å²) in [5, 5.41) is 0. The number of aromatic amines is 1. The third-order valence-electron chi connectivity index (χ3n) is 4.41. The number of aromatic nitrogens is 1. The number of primary amides is 1. The molecular formula is C18H21N3O5S2. The summed E-state index contributed by atoms with van der Waals surface area (Å²) in [6, 6.07) is 7.74. The van der Waals surface area contributed by atoms with Gasteiger partial charge in [-0.3, -0.25) is 9.59 Å². The van der Waals surface area contributed by atoms with Crippen LogP contribution in [-0.2, 0) is 14.8 Å². The fourth-order valence-electron chi connectivity index (χ4n) is 3.14. The van der Waals surface area contributed by atoms with Crippen LogP contribution in [-0.4, -0.2) is 46.7 Å². The second-order valence-corrected chi connectivity index (χ2v) is 10.5. The fraction of sp³-hybridized carbons (Fsp3) is 0.333. The molecule has 0 spiro atoms. The van der Waals surface area contributed by atoms with Crippen molar-refractivity contribution in [3.8, 4) is 11.5 Å². The zero-order valence-corrected chi connectivity index (χ0v) is 17.0. The van der Waals surface area contributed by atoms with Crippen LogP contribution in [0.1, 0.15) is 13.8 Å². The molecule has 3 rings (SSSR count). The Balaban J connectivity index is 1.87. The number of amides is 1. The van der Waals surface area contributed by atoms with Crippen LogP contribution in [0.25, 0.3) is 0 Å². The molecule has 1 saturated heterocycles. The molecule has 8 nitrogen and oxygen atoms in total. The van der Waals surface area contributed by atoms with Gasteiger partial charge in [-0.1, -0.05) is 0 Å². The van der Waals surface area contributed by atoms with Crippen molar-refractivity contribution in [1.29, 1.82) is 0 Å². The van der Waals surface area contributed by atoms with Gasteiger partial charge in [0.25, 0.3) is 5.56 Å². The Kier molecular flexibility index (Phi) is 5.55. The predicted octanol–water partition coefficient (Wildman–Crippen LogP) is 1.54. The highest BCUT2D eigenvalue weighted by atomic mass is 32.2. The first kappa shape index (κ1) is 20.4. The van der Waals surface area contributed by atoms with Gasteiger partial charge in [0.2, 0.25) is 15.9 Å². The molecule has 10 heteroatoms. The average molecular weight is 424 g/mol. The number of hydrogen-bond donors (Lipinski definition) is 2. The van der Waals surface area contributed by atoms with Gasteiger partial charge in [-0.05, 0) is 44.2 Å². The van der Waals surface area contributed by atoms with Crippen molar-refractivity contribution < 1.29 is 17.9 Å². The second-order valence-electron chi connectivity index (χ2n) is 6.83. The number of benzene rings is 1. The van der Waals surface area contributed by atoms with E-state index in [1.165, 1.54) is 52.6 Å². The standard InChI is InChI=1S/C18H21N3O5S2/c1-18(2)16(17(19)23)21(9-10-27-18)28(24,25)14-5-3-12(4-6-14)26-13-7-8-20-15(22)11-13/h3-8,11,16H,9-10H2,1-2H3,(H2,19,23)(H,20,22)/t16-/m0/s1. The molecule has 1 fully saturated rings. The quantitative estimate of drug-likeness (QED) is 0.752. The van der Waals surface area contributed by atoms with Crippen LogP contribution in [0.4, 0.5) is 0 Å². The molecule has 1 amide bonds. The SMILES string of the molecule is CC1(C)SCCN(S(=O)(=O)c2ccc(Oc3cc[nH]c(=O)c3)cc2)[C@H]1C(N)=O. The van der Waals surface area contributed by atoms with E-state index < -0.39 is 26.7 Å². The van der Waals surface area contributed by atoms with Crippen molar-refractivity contribution in [2.24, 2.45) is 5.73 Å². The van der Waals surface area contributed by atoms with Gasteiger partial charge in [0.1, 0.15) is 17.5 Å². The van der Waals surface area contributed by atoms with Gasteiger partial charge in [-0.15, -0.1) is 0 Å². The van der Waals surface area contributed by atoms with Crippen LogP contribution < -0.4 is 16.0 Å². The van der Waals surface area contributed by atoms with Gasteiger partial charge < -0.3 is 15.5 Å². The van der Waals surface area contributed by atoms with Crippen LogP contribution in [0.2, 0.25) is 0 Å². The van der Waals surface area contributed by atoms with Crippen molar-refractivity contribution in [3.63, 3.8) is 0 Å². The van der Waals surface area contributed by atoms with E-state index in [-0.39, 0.29) is 17.0 Å². The Morgan fingerprint density at radius 2 is 1.93 bits per heavy atom. The Bertz CT molecular complexity index is 1030. The monoisotopic (exact) mass is 423 g/mol. The third-order valence-corrected chi connectivity index (χ3v) is 7.65. The van der Waals surface area contributed by atoms with Crippen LogP contribution >= 0.6 is 11.8 Å². The average Bonchev–Trinajstić information content (AvgIpc) is 2.61. The van der Waals surface area contributed by atoms with Crippen LogP contribution in [0.3, 0.4) is 0 Å². The number of H-pyrrole nitrogens is 1. The van der Waals surface area contributed by atoms with Gasteiger partial charge in [-0.25, -0.2) is 8.42 Å². The molecule has 2 aromatic rings. The first-order valence-corrected chi connectivity index (χ1v) is 11.0. The summed E-state index contributed by atoms with van der Waals surface area (Å²) in [5.74, 6) is 0.614. The van der Waals surface area contributed by atoms with E-state index in [4.69, 9.17) is 10.5 Å². The molecule has 1 atom stereocenters. The number of carbonyl (C=O) groups is 1. The molecular weight excluding hydrogens is 402 g/mol. The molecule has 2 heterocycles. The van der Waals surface area contributed by atoms with Gasteiger partial charge in [-0.2, -0.15) is 16.1 Å². The van der Waals surface area contributed by atoms with E-state index in [0.29, 0.717) is 17.3 Å². The van der Waals surface area contributed by atoms with Crippen LogP contribution in [0.15, 0.2) is 52.3 Å². The number of carbonyl (C=O) groups excluding carboxylic acids is 1. The minimum atomic E-state index is -3.91. The minimum Gasteiger partial charge on any atom is -0.457 e. The van der Waals surface area contributed by atoms with Gasteiger partial charge >= 0.3 is 0 Å². The molecule has 150 valence electrons. The maximum Gasteiger partial charge on any atom is 0.251 e. The first-order chi connectivity index (χ1) is 13.1. The summed E-state index contributed by atoms with van der Waals surface area (Å²) < 4.78 is 32.4. The number of nitrogens with zero attached hydrogens (tertiary/aromatic N) is 1. The molecule has 1 aliphatic heterocycles. The number of nitrogens with one attached hydrogen (secondary N) is 1. The first-order valence-electron chi connectivity index (χ1n) is 8.53. The van der Waals surface area contributed by atoms with Crippen molar-refractivity contribution in [2.75, 3.05) is 12.3 Å². The van der Waals surface area contributed by atoms with Crippen LogP contribution in [0, 0.1) is 0 Å². The molecule has 1 aromatic carbocycles. The fourth-order valence-corrected chi connectivity index (χ4v) is 6.26. The Morgan fingerprint density at radius 3 is 2.54 bits per heavy atom. The summed E-state index contributed by atoms with van der Waals surface area (Å²) in [6.45, 7) is 3.83. The number of sulfonamides is 1. The van der Waals surface area contributed by atoms with Crippen LogP contribution in [0.5, 0.6) is 11.5 Å². The van der Waals surface area contributed by atoms with Gasteiger partial charge in [0, 0.05) is 29.3 Å². The smallest absolute Gasteiger partial charge is 0.251 e. The van der Waals surface area contributed by atoms with Crippen molar-refractivity contribution in [2.45, 2.75) is 29.5 Å². The molecule has 3 N–H and O–H groups in total. The lowest BCUT2D eigenvalue weighted by Crippen LogP contribution is -2.60. The summed E-state index contributed by atoms with van der Waals surface area (Å²) >= 11 is 1.52. The summed E-state index contributed by atoms with van der Waals surface area (Å²) in [7, 11) is -3.91. The lowest BCUT2D eigenvalue weighted by atomic mass is 10.0. The maximum atomic E-state index is 13.1. The summed E-state index contributed by atoms with van der Waals surface area (Å²) in [5.41, 5.74) is 5.22. The molecule has 0 aliphatic carbocycles. The number of thioether (sulfide) groups is 1. The predicted molar refractivity (Wildman–Crippen MR) is 107 cm³/mol. The molecule has 0 unspecified atom stereocenters. The zero-order valence-electron chi connectivity index (χ0n) is 15.4. The van der Waals surface area contributed by atoms with E-state index in [2.05, 4.69) is 4.98 Å². The van der Waals surface area contributed by atoms with E-state index in [9.17, 15) is 18.0 Å². The maximum absolute atomic E-state index is 13.1. The number of pyridine rings is 1. The van der Waals surface area contributed by atoms with E-state index in [1.54, 1.807) is 6.07 Å². The topological polar surface area (TPSA) is 123 Å². The largest absolute Gasteiger partial charge is 0.457 e. The molecule has 28 heavy (non-hydrogen) atoms. The number of nitrogens with two attached hydrogens (primary N) is 1. The van der Waals surface area contributed by atoms with Crippen molar-refractivity contribution >= 4 is 27.7 Å². The van der Waals surface area contributed by atoms with Crippen molar-refractivity contribution in [3.05, 3.63) is 52.9 Å².